The van der Waals surface area contributed by atoms with Gasteiger partial charge >= 0.3 is 0 Å². The summed E-state index contributed by atoms with van der Waals surface area (Å²) in [4.78, 5) is 28.8. The van der Waals surface area contributed by atoms with E-state index in [9.17, 15) is 18.0 Å². The maximum absolute atomic E-state index is 14.1. The van der Waals surface area contributed by atoms with E-state index in [2.05, 4.69) is 5.32 Å². The second-order valence-electron chi connectivity index (χ2n) is 9.96. The molecule has 0 saturated carbocycles. The number of amides is 2. The third-order valence-corrected chi connectivity index (χ3v) is 8.82. The van der Waals surface area contributed by atoms with Crippen molar-refractivity contribution in [2.75, 3.05) is 10.8 Å². The number of rotatable bonds is 11. The van der Waals surface area contributed by atoms with Crippen LogP contribution in [0.1, 0.15) is 43.9 Å². The van der Waals surface area contributed by atoms with Gasteiger partial charge in [-0.1, -0.05) is 72.1 Å². The maximum atomic E-state index is 14.1. The summed E-state index contributed by atoms with van der Waals surface area (Å²) in [6.07, 6.45) is 0.315. The van der Waals surface area contributed by atoms with Crippen molar-refractivity contribution in [3.05, 3.63) is 93.5 Å². The lowest BCUT2D eigenvalue weighted by Gasteiger charge is -2.34. The molecule has 1 unspecified atom stereocenters. The first-order chi connectivity index (χ1) is 18.8. The van der Waals surface area contributed by atoms with E-state index < -0.39 is 28.5 Å². The molecule has 3 aromatic rings. The van der Waals surface area contributed by atoms with Crippen molar-refractivity contribution in [3.63, 3.8) is 0 Å². The van der Waals surface area contributed by atoms with Gasteiger partial charge in [0.15, 0.2) is 0 Å². The molecule has 0 saturated heterocycles. The van der Waals surface area contributed by atoms with Crippen LogP contribution in [0.2, 0.25) is 10.0 Å². The van der Waals surface area contributed by atoms with E-state index >= 15 is 0 Å². The Morgan fingerprint density at radius 3 is 2.20 bits per heavy atom. The zero-order valence-corrected chi connectivity index (χ0v) is 25.6. The minimum atomic E-state index is -4.19. The molecule has 0 aliphatic heterocycles. The Morgan fingerprint density at radius 2 is 1.60 bits per heavy atom. The molecule has 7 nitrogen and oxygen atoms in total. The van der Waals surface area contributed by atoms with Crippen LogP contribution in [0.25, 0.3) is 0 Å². The van der Waals surface area contributed by atoms with Gasteiger partial charge in [0.2, 0.25) is 11.8 Å². The average Bonchev–Trinajstić information content (AvgIpc) is 2.89. The summed E-state index contributed by atoms with van der Waals surface area (Å²) in [5, 5.41) is 3.64. The summed E-state index contributed by atoms with van der Waals surface area (Å²) in [6.45, 7) is 8.56. The van der Waals surface area contributed by atoms with Gasteiger partial charge in [-0.25, -0.2) is 8.42 Å². The highest BCUT2D eigenvalue weighted by atomic mass is 35.5. The van der Waals surface area contributed by atoms with E-state index in [0.29, 0.717) is 27.6 Å². The second-order valence-corrected chi connectivity index (χ2v) is 12.7. The quantitative estimate of drug-likeness (QED) is 0.285. The number of hydrogen-bond donors (Lipinski definition) is 1. The fourth-order valence-corrected chi connectivity index (χ4v) is 6.14. The molecule has 0 aliphatic rings. The lowest BCUT2D eigenvalue weighted by molar-refractivity contribution is -0.140. The molecule has 0 heterocycles. The van der Waals surface area contributed by atoms with E-state index in [1.807, 2.05) is 20.8 Å². The Hall–Kier alpha value is -3.07. The SMILES string of the molecule is CCC(C(=O)NC(C)C)N(Cc1ccccc1Cl)C(=O)CN(c1cc(Cl)ccc1C)S(=O)(=O)c1ccc(C)cc1. The molecular formula is C30H35Cl2N3O4S. The number of halogens is 2. The highest BCUT2D eigenvalue weighted by Crippen LogP contribution is 2.30. The molecule has 40 heavy (non-hydrogen) atoms. The zero-order valence-electron chi connectivity index (χ0n) is 23.3. The van der Waals surface area contributed by atoms with E-state index in [4.69, 9.17) is 23.2 Å². The molecule has 2 amide bonds. The summed E-state index contributed by atoms with van der Waals surface area (Å²) in [7, 11) is -4.19. The van der Waals surface area contributed by atoms with E-state index in [1.54, 1.807) is 62.4 Å². The van der Waals surface area contributed by atoms with Crippen molar-refractivity contribution in [2.24, 2.45) is 0 Å². The molecule has 3 aromatic carbocycles. The van der Waals surface area contributed by atoms with Gasteiger partial charge in [0.05, 0.1) is 10.6 Å². The number of hydrogen-bond acceptors (Lipinski definition) is 4. The molecule has 0 fully saturated rings. The summed E-state index contributed by atoms with van der Waals surface area (Å²) < 4.78 is 29.1. The van der Waals surface area contributed by atoms with Crippen molar-refractivity contribution < 1.29 is 18.0 Å². The molecular weight excluding hydrogens is 569 g/mol. The lowest BCUT2D eigenvalue weighted by atomic mass is 10.1. The van der Waals surface area contributed by atoms with E-state index in [0.717, 1.165) is 9.87 Å². The number of nitrogens with one attached hydrogen (secondary N) is 1. The number of sulfonamides is 1. The van der Waals surface area contributed by atoms with Gasteiger partial charge in [-0.2, -0.15) is 0 Å². The number of nitrogens with zero attached hydrogens (tertiary/aromatic N) is 2. The molecule has 3 rings (SSSR count). The second kappa shape index (κ2) is 13.5. The Labute approximate surface area is 247 Å². The minimum absolute atomic E-state index is 0.0233. The molecule has 1 atom stereocenters. The summed E-state index contributed by atoms with van der Waals surface area (Å²) in [5.41, 5.74) is 2.43. The fraction of sp³-hybridized carbons (Fsp3) is 0.333. The van der Waals surface area contributed by atoms with Crippen LogP contribution in [0.3, 0.4) is 0 Å². The van der Waals surface area contributed by atoms with Crippen LogP contribution in [0, 0.1) is 13.8 Å². The molecule has 0 aromatic heterocycles. The summed E-state index contributed by atoms with van der Waals surface area (Å²) in [5.74, 6) is -0.884. The van der Waals surface area contributed by atoms with Gasteiger partial charge < -0.3 is 10.2 Å². The number of carbonyl (C=O) groups excluding carboxylic acids is 2. The zero-order chi connectivity index (χ0) is 29.6. The van der Waals surface area contributed by atoms with Crippen LogP contribution in [-0.4, -0.2) is 43.8 Å². The molecule has 10 heteroatoms. The van der Waals surface area contributed by atoms with Gasteiger partial charge in [-0.3, -0.25) is 13.9 Å². The van der Waals surface area contributed by atoms with Crippen molar-refractivity contribution in [1.29, 1.82) is 0 Å². The molecule has 0 bridgehead atoms. The lowest BCUT2D eigenvalue weighted by Crippen LogP contribution is -2.53. The van der Waals surface area contributed by atoms with Crippen molar-refractivity contribution in [3.8, 4) is 0 Å². The number of benzene rings is 3. The number of aryl methyl sites for hydroxylation is 2. The van der Waals surface area contributed by atoms with Gasteiger partial charge in [0, 0.05) is 22.6 Å². The van der Waals surface area contributed by atoms with Gasteiger partial charge in [0.25, 0.3) is 10.0 Å². The van der Waals surface area contributed by atoms with Crippen molar-refractivity contribution in [2.45, 2.75) is 64.6 Å². The molecule has 1 N–H and O–H groups in total. The minimum Gasteiger partial charge on any atom is -0.352 e. The highest BCUT2D eigenvalue weighted by molar-refractivity contribution is 7.92. The monoisotopic (exact) mass is 603 g/mol. The topological polar surface area (TPSA) is 86.8 Å². The molecule has 0 aliphatic carbocycles. The third kappa shape index (κ3) is 7.56. The van der Waals surface area contributed by atoms with Gasteiger partial charge in [-0.15, -0.1) is 0 Å². The number of anilines is 1. The van der Waals surface area contributed by atoms with Crippen LogP contribution in [0.15, 0.2) is 71.6 Å². The van der Waals surface area contributed by atoms with Crippen molar-refractivity contribution >= 4 is 50.7 Å². The smallest absolute Gasteiger partial charge is 0.264 e. The Kier molecular flexibility index (Phi) is 10.6. The predicted molar refractivity (Wildman–Crippen MR) is 161 cm³/mol. The van der Waals surface area contributed by atoms with Crippen LogP contribution >= 0.6 is 23.2 Å². The number of carbonyl (C=O) groups is 2. The molecule has 0 radical (unpaired) electrons. The van der Waals surface area contributed by atoms with Crippen LogP contribution in [0.4, 0.5) is 5.69 Å². The Bertz CT molecular complexity index is 1460. The standard InChI is InChI=1S/C30H35Cl2N3O4S/c1-6-27(30(37)33-20(2)3)34(18-23-9-7-8-10-26(23)32)29(36)19-35(28-17-24(31)14-13-22(28)5)40(38,39)25-15-11-21(4)12-16-25/h7-17,20,27H,6,18-19H2,1-5H3,(H,33,37). The van der Waals surface area contributed by atoms with E-state index in [-0.39, 0.29) is 29.1 Å². The normalized spacial score (nSPS) is 12.2. The fourth-order valence-electron chi connectivity index (χ4n) is 4.31. The first kappa shape index (κ1) is 31.5. The summed E-state index contributed by atoms with van der Waals surface area (Å²) >= 11 is 12.7. The Balaban J connectivity index is 2.12. The molecule has 214 valence electrons. The highest BCUT2D eigenvalue weighted by Gasteiger charge is 2.34. The largest absolute Gasteiger partial charge is 0.352 e. The van der Waals surface area contributed by atoms with E-state index in [1.165, 1.54) is 23.1 Å². The van der Waals surface area contributed by atoms with Gasteiger partial charge in [-0.05, 0) is 75.6 Å². The average molecular weight is 605 g/mol. The van der Waals surface area contributed by atoms with Crippen LogP contribution < -0.4 is 9.62 Å². The first-order valence-corrected chi connectivity index (χ1v) is 15.2. The van der Waals surface area contributed by atoms with Crippen LogP contribution in [-0.2, 0) is 26.2 Å². The maximum Gasteiger partial charge on any atom is 0.264 e. The van der Waals surface area contributed by atoms with Crippen molar-refractivity contribution in [1.82, 2.24) is 10.2 Å². The Morgan fingerprint density at radius 1 is 0.950 bits per heavy atom. The predicted octanol–water partition coefficient (Wildman–Crippen LogP) is 6.14. The van der Waals surface area contributed by atoms with Crippen LogP contribution in [0.5, 0.6) is 0 Å². The first-order valence-electron chi connectivity index (χ1n) is 13.0. The molecule has 0 spiro atoms. The summed E-state index contributed by atoms with van der Waals surface area (Å²) in [6, 6.07) is 17.4. The third-order valence-electron chi connectivity index (χ3n) is 6.44. The van der Waals surface area contributed by atoms with Gasteiger partial charge in [0.1, 0.15) is 12.6 Å².